The van der Waals surface area contributed by atoms with Gasteiger partial charge in [0.2, 0.25) is 5.88 Å². The lowest BCUT2D eigenvalue weighted by atomic mass is 9.91. The van der Waals surface area contributed by atoms with Gasteiger partial charge in [0.15, 0.2) is 5.65 Å². The molecule has 14 heteroatoms. The van der Waals surface area contributed by atoms with E-state index in [1.165, 1.54) is 39.8 Å². The summed E-state index contributed by atoms with van der Waals surface area (Å²) in [6, 6.07) is 11.0. The van der Waals surface area contributed by atoms with Crippen LogP contribution in [0.25, 0.3) is 16.9 Å². The number of hydrogen-bond donors (Lipinski definition) is 2. The zero-order chi connectivity index (χ0) is 28.7. The summed E-state index contributed by atoms with van der Waals surface area (Å²) in [5.41, 5.74) is 0.494. The number of carbonyl (C=O) groups is 1. The van der Waals surface area contributed by atoms with E-state index in [1.54, 1.807) is 43.7 Å². The van der Waals surface area contributed by atoms with Gasteiger partial charge in [-0.05, 0) is 37.4 Å². The minimum atomic E-state index is -3.10. The summed E-state index contributed by atoms with van der Waals surface area (Å²) in [6.07, 6.45) is 6.11. The number of fused-ring (bicyclic) bond motifs is 1. The van der Waals surface area contributed by atoms with E-state index in [-0.39, 0.29) is 39.9 Å². The third-order valence-electron chi connectivity index (χ3n) is 6.51. The Hall–Kier alpha value is -4.95. The Bertz CT molecular complexity index is 1750. The first-order valence-corrected chi connectivity index (χ1v) is 12.5. The molecule has 0 unspecified atom stereocenters. The predicted molar refractivity (Wildman–Crippen MR) is 142 cm³/mol. The van der Waals surface area contributed by atoms with Crippen LogP contribution in [-0.2, 0) is 12.6 Å². The number of likely N-dealkylation sites (tertiary alicyclic amines) is 1. The summed E-state index contributed by atoms with van der Waals surface area (Å²) in [5.74, 6) is -0.238. The summed E-state index contributed by atoms with van der Waals surface area (Å²) in [5, 5.41) is 22.1. The van der Waals surface area contributed by atoms with Gasteiger partial charge in [0.25, 0.3) is 5.91 Å². The summed E-state index contributed by atoms with van der Waals surface area (Å²) in [7, 11) is 3.52. The summed E-state index contributed by atoms with van der Waals surface area (Å²) in [4.78, 5) is 23.8. The Balaban J connectivity index is 1.33. The Morgan fingerprint density at radius 1 is 1.17 bits per heavy atom. The lowest BCUT2D eigenvalue weighted by Gasteiger charge is -2.43. The zero-order valence-electron chi connectivity index (χ0n) is 21.9. The van der Waals surface area contributed by atoms with Gasteiger partial charge < -0.3 is 19.9 Å². The molecule has 1 fully saturated rings. The first-order valence-electron chi connectivity index (χ1n) is 12.5. The van der Waals surface area contributed by atoms with Crippen LogP contribution in [0.15, 0.2) is 67.3 Å². The van der Waals surface area contributed by atoms with Gasteiger partial charge in [-0.3, -0.25) is 14.4 Å². The highest BCUT2D eigenvalue weighted by atomic mass is 19.3. The fraction of sp³-hybridized carbons (Fsp3) is 0.222. The number of alkyl halides is 2. The van der Waals surface area contributed by atoms with Crippen molar-refractivity contribution in [3.8, 4) is 28.6 Å². The van der Waals surface area contributed by atoms with E-state index in [0.29, 0.717) is 24.4 Å². The average Bonchev–Trinajstić information content (AvgIpc) is 3.52. The number of aromatic nitrogens is 6. The number of anilines is 1. The zero-order valence-corrected chi connectivity index (χ0v) is 21.9. The Kier molecular flexibility index (Phi) is 6.55. The lowest BCUT2D eigenvalue weighted by molar-refractivity contribution is -0.0951. The summed E-state index contributed by atoms with van der Waals surface area (Å²) >= 11 is 0. The number of rotatable bonds is 8. The van der Waals surface area contributed by atoms with E-state index < -0.39 is 18.1 Å². The SMILES string of the molecule is CN1CC(O)(c2cccc(Oc3ccc(OC(F)F)c(-c4nn(C)cc4NC(=O)c4cnn5cccnc45)c3)n2)C1. The van der Waals surface area contributed by atoms with Crippen LogP contribution in [-0.4, -0.2) is 72.0 Å². The maximum Gasteiger partial charge on any atom is 0.387 e. The number of carbonyl (C=O) groups excluding carboxylic acids is 1. The maximum absolute atomic E-state index is 13.3. The fourth-order valence-corrected chi connectivity index (χ4v) is 4.77. The average molecular weight is 563 g/mol. The highest BCUT2D eigenvalue weighted by Gasteiger charge is 2.42. The molecule has 0 aliphatic carbocycles. The van der Waals surface area contributed by atoms with Crippen molar-refractivity contribution in [2.24, 2.45) is 7.05 Å². The van der Waals surface area contributed by atoms with Crippen molar-refractivity contribution in [2.45, 2.75) is 12.2 Å². The molecule has 1 saturated heterocycles. The van der Waals surface area contributed by atoms with Crippen LogP contribution in [0.5, 0.6) is 17.4 Å². The predicted octanol–water partition coefficient (Wildman–Crippen LogP) is 3.30. The largest absolute Gasteiger partial charge is 0.439 e. The molecule has 0 radical (unpaired) electrons. The van der Waals surface area contributed by atoms with Crippen LogP contribution < -0.4 is 14.8 Å². The number of aryl methyl sites for hydroxylation is 1. The third-order valence-corrected chi connectivity index (χ3v) is 6.51. The number of benzene rings is 1. The minimum Gasteiger partial charge on any atom is -0.439 e. The van der Waals surface area contributed by atoms with Crippen LogP contribution in [0.1, 0.15) is 16.1 Å². The second-order valence-corrected chi connectivity index (χ2v) is 9.67. The number of nitrogens with zero attached hydrogens (tertiary/aromatic N) is 7. The molecule has 41 heavy (non-hydrogen) atoms. The monoisotopic (exact) mass is 562 g/mol. The molecule has 4 aromatic heterocycles. The summed E-state index contributed by atoms with van der Waals surface area (Å²) < 4.78 is 40.3. The number of hydrogen-bond acceptors (Lipinski definition) is 9. The molecular weight excluding hydrogens is 538 g/mol. The van der Waals surface area contributed by atoms with E-state index >= 15 is 0 Å². The number of pyridine rings is 1. The smallest absolute Gasteiger partial charge is 0.387 e. The van der Waals surface area contributed by atoms with Gasteiger partial charge in [-0.15, -0.1) is 0 Å². The van der Waals surface area contributed by atoms with Crippen molar-refractivity contribution >= 4 is 17.2 Å². The fourth-order valence-electron chi connectivity index (χ4n) is 4.77. The van der Waals surface area contributed by atoms with E-state index in [4.69, 9.17) is 9.47 Å². The van der Waals surface area contributed by atoms with Crippen LogP contribution >= 0.6 is 0 Å². The number of halogens is 2. The Morgan fingerprint density at radius 3 is 2.78 bits per heavy atom. The molecular formula is C27H24F2N8O4. The molecule has 1 amide bonds. The Morgan fingerprint density at radius 2 is 2.00 bits per heavy atom. The molecule has 1 aromatic carbocycles. The van der Waals surface area contributed by atoms with Crippen molar-refractivity contribution in [3.63, 3.8) is 0 Å². The lowest BCUT2D eigenvalue weighted by Crippen LogP contribution is -2.57. The van der Waals surface area contributed by atoms with Crippen molar-refractivity contribution in [1.29, 1.82) is 0 Å². The molecule has 0 spiro atoms. The molecule has 0 saturated carbocycles. The quantitative estimate of drug-likeness (QED) is 0.292. The van der Waals surface area contributed by atoms with Gasteiger partial charge in [-0.25, -0.2) is 14.5 Å². The van der Waals surface area contributed by atoms with E-state index in [2.05, 4.69) is 25.5 Å². The first kappa shape index (κ1) is 26.3. The van der Waals surface area contributed by atoms with Gasteiger partial charge in [0.05, 0.1) is 23.1 Å². The maximum atomic E-state index is 13.3. The van der Waals surface area contributed by atoms with Gasteiger partial charge in [-0.2, -0.15) is 19.0 Å². The van der Waals surface area contributed by atoms with Crippen molar-refractivity contribution in [2.75, 3.05) is 25.5 Å². The van der Waals surface area contributed by atoms with Gasteiger partial charge in [0, 0.05) is 44.8 Å². The number of aliphatic hydroxyl groups is 1. The van der Waals surface area contributed by atoms with E-state index in [9.17, 15) is 18.7 Å². The summed E-state index contributed by atoms with van der Waals surface area (Å²) in [6.45, 7) is -2.23. The molecule has 12 nitrogen and oxygen atoms in total. The number of nitrogens with one attached hydrogen (secondary N) is 1. The minimum absolute atomic E-state index is 0.145. The third kappa shape index (κ3) is 5.17. The second kappa shape index (κ2) is 10.2. The van der Waals surface area contributed by atoms with Gasteiger partial charge in [0.1, 0.15) is 28.4 Å². The van der Waals surface area contributed by atoms with Gasteiger partial charge in [-0.1, -0.05) is 6.07 Å². The Labute approximate surface area is 231 Å². The van der Waals surface area contributed by atoms with Crippen molar-refractivity contribution in [3.05, 3.63) is 78.5 Å². The number of likely N-dealkylation sites (N-methyl/N-ethyl adjacent to an activating group) is 1. The normalized spacial score (nSPS) is 14.7. The van der Waals surface area contributed by atoms with Gasteiger partial charge >= 0.3 is 6.61 Å². The topological polar surface area (TPSA) is 132 Å². The van der Waals surface area contributed by atoms with Crippen molar-refractivity contribution in [1.82, 2.24) is 34.3 Å². The molecule has 1 aliphatic rings. The highest BCUT2D eigenvalue weighted by Crippen LogP contribution is 2.39. The van der Waals surface area contributed by atoms with E-state index in [0.717, 1.165) is 0 Å². The van der Waals surface area contributed by atoms with Crippen LogP contribution in [0.4, 0.5) is 14.5 Å². The number of β-amino-alcohol motifs (C(OH)–C–C–N with tert-alkyl or cyclic N) is 1. The number of amides is 1. The standard InChI is InChI=1S/C27H24F2N8O4/c1-35-14-27(39,15-35)21-5-3-6-22(33-21)40-16-7-8-20(41-26(28)29)17(11-16)23-19(13-36(2)34-23)32-25(38)18-12-31-37-10-4-9-30-24(18)37/h3-13,26,39H,14-15H2,1-2H3,(H,32,38). The molecule has 2 N–H and O–H groups in total. The highest BCUT2D eigenvalue weighted by molar-refractivity contribution is 6.09. The molecule has 6 rings (SSSR count). The molecule has 5 heterocycles. The second-order valence-electron chi connectivity index (χ2n) is 9.67. The molecule has 0 atom stereocenters. The molecule has 5 aromatic rings. The van der Waals surface area contributed by atoms with E-state index in [1.807, 2.05) is 11.9 Å². The molecule has 1 aliphatic heterocycles. The van der Waals surface area contributed by atoms with Crippen LogP contribution in [0.3, 0.4) is 0 Å². The first-order chi connectivity index (χ1) is 19.7. The molecule has 0 bridgehead atoms. The molecule has 210 valence electrons. The van der Waals surface area contributed by atoms with Crippen LogP contribution in [0, 0.1) is 0 Å². The van der Waals surface area contributed by atoms with Crippen LogP contribution in [0.2, 0.25) is 0 Å². The number of ether oxygens (including phenoxy) is 2. The van der Waals surface area contributed by atoms with Crippen molar-refractivity contribution < 1.29 is 28.2 Å².